The fourth-order valence-corrected chi connectivity index (χ4v) is 7.95. The predicted molar refractivity (Wildman–Crippen MR) is 239 cm³/mol. The fraction of sp³-hybridized carbons (Fsp3) is 0.447. The molecule has 0 radical (unpaired) electrons. The maximum absolute atomic E-state index is 13.2. The van der Waals surface area contributed by atoms with Crippen molar-refractivity contribution >= 4 is 71.8 Å². The standard InChI is InChI=1S/C47H55N5O15/c1-61-41(54)12-8-25-23-48-33(29(25)17-45(58)65-5)20-34-27(10-14-43(56)63-3)31(18-46(59)66-6)37(50-34)21-35-28(11-15-44(57)64-4)32(19-47(60)67-7)38(51-35)22-36-26(9-13-42(55)62-2)30-16-40(53)49-24-39(30)52-36/h20,22-23,50,52H,8-19,21,24H2,1-7H3,(H,49,53)/b33-20-,38-22+/i24D. The van der Waals surface area contributed by atoms with Crippen LogP contribution in [0.3, 0.4) is 0 Å². The van der Waals surface area contributed by atoms with E-state index in [2.05, 4.69) is 20.3 Å². The highest BCUT2D eigenvalue weighted by Crippen LogP contribution is 2.38. The molecule has 0 bridgehead atoms. The number of carbonyl (C=O) groups is 8. The van der Waals surface area contributed by atoms with Crippen LogP contribution < -0.4 is 5.32 Å². The summed E-state index contributed by atoms with van der Waals surface area (Å²) in [5.74, 6) is -4.22. The van der Waals surface area contributed by atoms with Gasteiger partial charge in [-0.25, -0.2) is 0 Å². The van der Waals surface area contributed by atoms with Crippen molar-refractivity contribution in [3.05, 3.63) is 78.7 Å². The minimum absolute atomic E-state index is 0.0150. The molecule has 5 rings (SSSR count). The van der Waals surface area contributed by atoms with E-state index in [0.717, 1.165) is 0 Å². The zero-order valence-corrected chi connectivity index (χ0v) is 38.5. The van der Waals surface area contributed by atoms with E-state index in [0.29, 0.717) is 78.7 Å². The van der Waals surface area contributed by atoms with Gasteiger partial charge in [0.1, 0.15) is 0 Å². The molecule has 67 heavy (non-hydrogen) atoms. The summed E-state index contributed by atoms with van der Waals surface area (Å²) in [6.45, 7) is -1.13. The summed E-state index contributed by atoms with van der Waals surface area (Å²) in [6.07, 6.45) is 4.22. The third kappa shape index (κ3) is 12.9. The van der Waals surface area contributed by atoms with Crippen molar-refractivity contribution < 1.29 is 72.9 Å². The Morgan fingerprint density at radius 2 is 1.10 bits per heavy atom. The van der Waals surface area contributed by atoms with Gasteiger partial charge in [-0.05, 0) is 82.4 Å². The number of aliphatic imine (C=N–C) groups is 2. The molecule has 3 aliphatic heterocycles. The van der Waals surface area contributed by atoms with E-state index < -0.39 is 48.3 Å². The minimum atomic E-state index is -1.13. The second kappa shape index (κ2) is 23.7. The number of hydrogen-bond acceptors (Lipinski definition) is 17. The molecule has 0 saturated heterocycles. The molecule has 0 saturated carbocycles. The van der Waals surface area contributed by atoms with Crippen LogP contribution in [0.25, 0.3) is 12.2 Å². The molecule has 2 aromatic rings. The number of hydrogen-bond donors (Lipinski definition) is 3. The Kier molecular flexibility index (Phi) is 17.4. The number of fused-ring (bicyclic) bond motifs is 1. The van der Waals surface area contributed by atoms with Crippen LogP contribution in [-0.2, 0) is 110 Å². The molecule has 3 N–H and O–H groups in total. The third-order valence-corrected chi connectivity index (χ3v) is 11.5. The van der Waals surface area contributed by atoms with Crippen LogP contribution in [0.15, 0.2) is 43.7 Å². The Bertz CT molecular complexity index is 2550. The minimum Gasteiger partial charge on any atom is -0.469 e. The fourth-order valence-electron chi connectivity index (χ4n) is 7.95. The Labute approximate surface area is 387 Å². The molecule has 3 aliphatic rings. The number of aromatic nitrogens is 2. The van der Waals surface area contributed by atoms with Crippen LogP contribution in [0, 0.1) is 0 Å². The van der Waals surface area contributed by atoms with E-state index in [1.807, 2.05) is 0 Å². The molecular formula is C47H55N5O15. The SMILES string of the molecule is [2H]C1NC(=O)Cc2c1[nH]c(/C=C1/N=C(Cc3[nH]c(/C=C4\N=CC(CCC(=O)OC)=C4CC(=O)OC)c(CCC(=O)OC)c3CC(=O)OC)C(CCC(=O)OC)=C1CC(=O)OC)c2CCC(=O)OC. The van der Waals surface area contributed by atoms with Crippen LogP contribution in [0.1, 0.15) is 97.8 Å². The highest BCUT2D eigenvalue weighted by Gasteiger charge is 2.31. The monoisotopic (exact) mass is 930 g/mol. The van der Waals surface area contributed by atoms with Crippen LogP contribution >= 0.6 is 0 Å². The van der Waals surface area contributed by atoms with Gasteiger partial charge in [-0.2, -0.15) is 0 Å². The Morgan fingerprint density at radius 1 is 0.597 bits per heavy atom. The first kappa shape index (κ1) is 49.1. The van der Waals surface area contributed by atoms with E-state index in [-0.39, 0.29) is 95.1 Å². The maximum atomic E-state index is 13.2. The van der Waals surface area contributed by atoms with Crippen molar-refractivity contribution in [2.75, 3.05) is 49.8 Å². The lowest BCUT2D eigenvalue weighted by atomic mass is 9.92. The van der Waals surface area contributed by atoms with Gasteiger partial charge in [-0.15, -0.1) is 0 Å². The molecule has 0 aromatic carbocycles. The van der Waals surface area contributed by atoms with Crippen LogP contribution in [0.5, 0.6) is 0 Å². The summed E-state index contributed by atoms with van der Waals surface area (Å²) >= 11 is 0. The first-order valence-corrected chi connectivity index (χ1v) is 21.2. The lowest BCUT2D eigenvalue weighted by molar-refractivity contribution is -0.141. The molecule has 0 spiro atoms. The largest absolute Gasteiger partial charge is 0.469 e. The van der Waals surface area contributed by atoms with E-state index in [1.54, 1.807) is 18.4 Å². The lowest BCUT2D eigenvalue weighted by Crippen LogP contribution is -2.30. The second-order valence-electron chi connectivity index (χ2n) is 15.3. The van der Waals surface area contributed by atoms with E-state index >= 15 is 0 Å². The molecular weight excluding hydrogens is 875 g/mol. The summed E-state index contributed by atoms with van der Waals surface area (Å²) in [5, 5.41) is 2.59. The number of esters is 7. The third-order valence-electron chi connectivity index (χ3n) is 11.5. The number of aromatic amines is 2. The average molecular weight is 931 g/mol. The highest BCUT2D eigenvalue weighted by molar-refractivity contribution is 6.08. The molecule has 358 valence electrons. The summed E-state index contributed by atoms with van der Waals surface area (Å²) in [5.41, 5.74) is 6.73. The lowest BCUT2D eigenvalue weighted by Gasteiger charge is -2.14. The number of nitrogens with one attached hydrogen (secondary N) is 3. The van der Waals surface area contributed by atoms with Gasteiger partial charge in [0, 0.05) is 61.1 Å². The first-order chi connectivity index (χ1) is 32.6. The molecule has 5 heterocycles. The Balaban J connectivity index is 1.75. The zero-order valence-electron chi connectivity index (χ0n) is 39.5. The molecule has 1 amide bonds. The predicted octanol–water partition coefficient (Wildman–Crippen LogP) is 3.53. The smallest absolute Gasteiger partial charge is 0.310 e. The first-order valence-electron chi connectivity index (χ1n) is 21.8. The van der Waals surface area contributed by atoms with Crippen LogP contribution in [0.4, 0.5) is 0 Å². The molecule has 2 aromatic heterocycles. The van der Waals surface area contributed by atoms with E-state index in [9.17, 15) is 38.4 Å². The van der Waals surface area contributed by atoms with Gasteiger partial charge >= 0.3 is 41.8 Å². The van der Waals surface area contributed by atoms with Crippen molar-refractivity contribution in [2.24, 2.45) is 9.98 Å². The number of ether oxygens (including phenoxy) is 7. The Morgan fingerprint density at radius 3 is 1.70 bits per heavy atom. The van der Waals surface area contributed by atoms with E-state index in [4.69, 9.17) is 39.5 Å². The molecule has 20 heteroatoms. The second-order valence-corrected chi connectivity index (χ2v) is 15.3. The van der Waals surface area contributed by atoms with E-state index in [1.165, 1.54) is 49.8 Å². The van der Waals surface area contributed by atoms with Gasteiger partial charge in [0.25, 0.3) is 0 Å². The van der Waals surface area contributed by atoms with Gasteiger partial charge in [-0.3, -0.25) is 48.3 Å². The summed E-state index contributed by atoms with van der Waals surface area (Å²) in [7, 11) is 8.73. The zero-order chi connectivity index (χ0) is 49.7. The van der Waals surface area contributed by atoms with Crippen molar-refractivity contribution in [3.8, 4) is 0 Å². The summed E-state index contributed by atoms with van der Waals surface area (Å²) in [4.78, 5) is 118. The number of rotatable bonds is 22. The van der Waals surface area contributed by atoms with Gasteiger partial charge < -0.3 is 48.4 Å². The molecule has 0 aliphatic carbocycles. The van der Waals surface area contributed by atoms with Crippen molar-refractivity contribution in [2.45, 2.75) is 90.0 Å². The summed E-state index contributed by atoms with van der Waals surface area (Å²) in [6, 6.07) is 0. The number of nitrogens with zero attached hydrogens (tertiary/aromatic N) is 2. The molecule has 1 unspecified atom stereocenters. The number of allylic oxidation sites excluding steroid dienone is 4. The van der Waals surface area contributed by atoms with Gasteiger partial charge in [0.05, 0.1) is 100 Å². The van der Waals surface area contributed by atoms with Crippen molar-refractivity contribution in [1.82, 2.24) is 15.3 Å². The van der Waals surface area contributed by atoms with Gasteiger partial charge in [0.15, 0.2) is 0 Å². The number of H-pyrrole nitrogens is 2. The number of methoxy groups -OCH3 is 7. The van der Waals surface area contributed by atoms with Crippen molar-refractivity contribution in [3.63, 3.8) is 0 Å². The highest BCUT2D eigenvalue weighted by atomic mass is 16.5. The van der Waals surface area contributed by atoms with Gasteiger partial charge in [0.2, 0.25) is 5.91 Å². The molecule has 20 nitrogen and oxygen atoms in total. The topological polar surface area (TPSA) is 269 Å². The summed E-state index contributed by atoms with van der Waals surface area (Å²) < 4.78 is 43.5. The molecule has 1 atom stereocenters. The quantitative estimate of drug-likeness (QED) is 0.113. The number of carbonyl (C=O) groups excluding carboxylic acids is 8. The number of amides is 1. The molecule has 0 fully saturated rings. The average Bonchev–Trinajstić information content (AvgIpc) is 4.06. The normalized spacial score (nSPS) is 16.6. The Hall–Kier alpha value is -7.38. The van der Waals surface area contributed by atoms with Gasteiger partial charge in [-0.1, -0.05) is 0 Å². The maximum Gasteiger partial charge on any atom is 0.310 e. The van der Waals surface area contributed by atoms with Crippen LogP contribution in [-0.4, -0.2) is 119 Å². The van der Waals surface area contributed by atoms with Crippen LogP contribution in [0.2, 0.25) is 0 Å². The van der Waals surface area contributed by atoms with Crippen molar-refractivity contribution in [1.29, 1.82) is 0 Å².